The predicted molar refractivity (Wildman–Crippen MR) is 173 cm³/mol. The van der Waals surface area contributed by atoms with Gasteiger partial charge in [-0.2, -0.15) is 4.98 Å². The molecule has 2 N–H and O–H groups in total. The molecule has 11 nitrogen and oxygen atoms in total. The van der Waals surface area contributed by atoms with Crippen molar-refractivity contribution in [2.24, 2.45) is 0 Å². The molecule has 3 aromatic rings. The number of benzene rings is 1. The normalized spacial score (nSPS) is 17.9. The topological polar surface area (TPSA) is 126 Å². The van der Waals surface area contributed by atoms with E-state index in [0.717, 1.165) is 0 Å². The Balaban J connectivity index is 0.00000102. The van der Waals surface area contributed by atoms with E-state index in [1.807, 2.05) is 13.8 Å². The van der Waals surface area contributed by atoms with Crippen LogP contribution in [-0.2, 0) is 9.47 Å². The van der Waals surface area contributed by atoms with Crippen molar-refractivity contribution in [2.75, 3.05) is 32.8 Å². The number of pyridine rings is 1. The van der Waals surface area contributed by atoms with Crippen LogP contribution in [0.25, 0.3) is 22.2 Å². The second kappa shape index (κ2) is 14.2. The van der Waals surface area contributed by atoms with Gasteiger partial charge in [0.1, 0.15) is 22.7 Å². The first-order chi connectivity index (χ1) is 20.8. The second-order valence-corrected chi connectivity index (χ2v) is 12.8. The molecule has 1 aliphatic heterocycles. The number of hydrogen-bond donors (Lipinski definition) is 2. The molecule has 2 fully saturated rings. The summed E-state index contributed by atoms with van der Waals surface area (Å²) in [4.78, 5) is 35.3. The standard InChI is InChI=1S/C27H33Cl2N5O6.C4H8/c1-13(2)34-23-14(8-15(24(34)35)20-21(28)18(37-6)9-19(38-7)22(20)29)10-30-25(33-23)31-16-11-39-12-17(16)32-26(36)40-27(3,4)5;1-2-4-3-1/h8-10,13,16-17H,11-12H2,1-7H3,(H,32,36)(H,30,31,33);1-4H2. The Bertz CT molecular complexity index is 1520. The predicted octanol–water partition coefficient (Wildman–Crippen LogP) is 6.63. The highest BCUT2D eigenvalue weighted by Crippen LogP contribution is 2.45. The van der Waals surface area contributed by atoms with Crippen LogP contribution in [0, 0.1) is 0 Å². The van der Waals surface area contributed by atoms with Gasteiger partial charge in [-0.05, 0) is 40.7 Å². The van der Waals surface area contributed by atoms with Gasteiger partial charge in [0.25, 0.3) is 5.56 Å². The second-order valence-electron chi connectivity index (χ2n) is 12.0. The van der Waals surface area contributed by atoms with Crippen molar-refractivity contribution in [3.63, 3.8) is 0 Å². The van der Waals surface area contributed by atoms with Crippen molar-refractivity contribution in [3.8, 4) is 22.6 Å². The van der Waals surface area contributed by atoms with E-state index in [0.29, 0.717) is 41.3 Å². The highest BCUT2D eigenvalue weighted by atomic mass is 35.5. The number of carbonyl (C=O) groups is 1. The van der Waals surface area contributed by atoms with E-state index in [9.17, 15) is 9.59 Å². The number of halogens is 2. The third kappa shape index (κ3) is 7.68. The number of methoxy groups -OCH3 is 2. The Labute approximate surface area is 267 Å². The lowest BCUT2D eigenvalue weighted by Crippen LogP contribution is -2.47. The van der Waals surface area contributed by atoms with Crippen molar-refractivity contribution in [3.05, 3.63) is 38.7 Å². The molecule has 13 heteroatoms. The van der Waals surface area contributed by atoms with Gasteiger partial charge in [0.15, 0.2) is 0 Å². The summed E-state index contributed by atoms with van der Waals surface area (Å²) in [5, 5.41) is 7.02. The zero-order valence-corrected chi connectivity index (χ0v) is 27.8. The lowest BCUT2D eigenvalue weighted by molar-refractivity contribution is 0.0497. The Morgan fingerprint density at radius 3 is 2.14 bits per heavy atom. The average molecular weight is 651 g/mol. The van der Waals surface area contributed by atoms with Crippen LogP contribution in [0.4, 0.5) is 10.7 Å². The van der Waals surface area contributed by atoms with Crippen LogP contribution in [-0.4, -0.2) is 65.7 Å². The summed E-state index contributed by atoms with van der Waals surface area (Å²) in [7, 11) is 2.94. The van der Waals surface area contributed by atoms with Crippen LogP contribution in [0.1, 0.15) is 66.3 Å². The molecule has 1 saturated carbocycles. The van der Waals surface area contributed by atoms with Crippen LogP contribution < -0.4 is 25.7 Å². The maximum absolute atomic E-state index is 13.9. The molecule has 3 heterocycles. The first kappa shape index (κ1) is 33.6. The molecule has 1 aliphatic carbocycles. The fourth-order valence-electron chi connectivity index (χ4n) is 4.68. The van der Waals surface area contributed by atoms with E-state index >= 15 is 0 Å². The van der Waals surface area contributed by atoms with Crippen LogP contribution in [0.2, 0.25) is 10.0 Å². The molecule has 0 spiro atoms. The fraction of sp³-hybridized carbons (Fsp3) is 0.548. The van der Waals surface area contributed by atoms with E-state index in [1.54, 1.807) is 43.7 Å². The zero-order chi connectivity index (χ0) is 32.2. The van der Waals surface area contributed by atoms with Gasteiger partial charge in [-0.1, -0.05) is 48.9 Å². The van der Waals surface area contributed by atoms with Gasteiger partial charge in [-0.15, -0.1) is 0 Å². The third-order valence-electron chi connectivity index (χ3n) is 7.23. The minimum absolute atomic E-state index is 0.184. The summed E-state index contributed by atoms with van der Waals surface area (Å²) < 4.78 is 23.3. The molecule has 2 aliphatic rings. The molecule has 240 valence electrons. The molecule has 2 aromatic heterocycles. The average Bonchev–Trinajstić information content (AvgIpc) is 3.33. The molecule has 2 unspecified atom stereocenters. The highest BCUT2D eigenvalue weighted by molar-refractivity contribution is 6.41. The molecule has 2 atom stereocenters. The monoisotopic (exact) mass is 649 g/mol. The van der Waals surface area contributed by atoms with Gasteiger partial charge >= 0.3 is 6.09 Å². The van der Waals surface area contributed by atoms with Gasteiger partial charge in [0, 0.05) is 29.3 Å². The number of nitrogens with one attached hydrogen (secondary N) is 2. The number of ether oxygens (including phenoxy) is 4. The van der Waals surface area contributed by atoms with Crippen molar-refractivity contribution in [2.45, 2.75) is 84.0 Å². The smallest absolute Gasteiger partial charge is 0.408 e. The molecular weight excluding hydrogens is 609 g/mol. The molecule has 0 radical (unpaired) electrons. The van der Waals surface area contributed by atoms with Gasteiger partial charge in [0.05, 0.1) is 55.1 Å². The van der Waals surface area contributed by atoms with E-state index < -0.39 is 11.7 Å². The lowest BCUT2D eigenvalue weighted by atomic mass is 10.0. The number of anilines is 1. The molecule has 1 saturated heterocycles. The third-order valence-corrected chi connectivity index (χ3v) is 7.98. The summed E-state index contributed by atoms with van der Waals surface area (Å²) in [5.74, 6) is 0.912. The number of hydrogen-bond acceptors (Lipinski definition) is 9. The number of amides is 1. The van der Waals surface area contributed by atoms with Crippen LogP contribution in [0.15, 0.2) is 23.1 Å². The maximum Gasteiger partial charge on any atom is 0.408 e. The molecule has 5 rings (SSSR count). The number of rotatable bonds is 7. The Morgan fingerprint density at radius 2 is 1.61 bits per heavy atom. The first-order valence-corrected chi connectivity index (χ1v) is 15.5. The number of nitrogens with zero attached hydrogens (tertiary/aromatic N) is 3. The molecular formula is C31H41Cl2N5O6. The Hall–Kier alpha value is -3.28. The largest absolute Gasteiger partial charge is 0.495 e. The van der Waals surface area contributed by atoms with Gasteiger partial charge in [-0.3, -0.25) is 9.36 Å². The first-order valence-electron chi connectivity index (χ1n) is 14.7. The highest BCUT2D eigenvalue weighted by Gasteiger charge is 2.32. The zero-order valence-electron chi connectivity index (χ0n) is 26.3. The summed E-state index contributed by atoms with van der Waals surface area (Å²) in [5.41, 5.74) is -0.0119. The molecule has 1 aromatic carbocycles. The van der Waals surface area contributed by atoms with Crippen molar-refractivity contribution in [1.82, 2.24) is 19.9 Å². The van der Waals surface area contributed by atoms with Crippen LogP contribution in [0.5, 0.6) is 11.5 Å². The van der Waals surface area contributed by atoms with Crippen LogP contribution >= 0.6 is 23.2 Å². The maximum atomic E-state index is 13.9. The fourth-order valence-corrected chi connectivity index (χ4v) is 5.39. The SMILES string of the molecule is C1CCC1.COc1cc(OC)c(Cl)c(-c2cc3cnc(NC4COCC4NC(=O)OC(C)(C)C)nc3n(C(C)C)c2=O)c1Cl. The van der Waals surface area contributed by atoms with Crippen LogP contribution in [0.3, 0.4) is 0 Å². The van der Waals surface area contributed by atoms with E-state index in [-0.39, 0.29) is 45.2 Å². The van der Waals surface area contributed by atoms with E-state index in [1.165, 1.54) is 39.9 Å². The lowest BCUT2D eigenvalue weighted by Gasteiger charge is -2.24. The quantitative estimate of drug-likeness (QED) is 0.290. The number of alkyl carbamates (subject to hydrolysis) is 1. The number of fused-ring (bicyclic) bond motifs is 1. The van der Waals surface area contributed by atoms with E-state index in [4.69, 9.17) is 42.1 Å². The van der Waals surface area contributed by atoms with Gasteiger partial charge in [0.2, 0.25) is 5.95 Å². The summed E-state index contributed by atoms with van der Waals surface area (Å²) in [6.45, 7) is 9.76. The molecule has 0 bridgehead atoms. The number of aromatic nitrogens is 3. The Kier molecular flexibility index (Phi) is 10.9. The molecule has 44 heavy (non-hydrogen) atoms. The molecule has 1 amide bonds. The Morgan fingerprint density at radius 1 is 1.02 bits per heavy atom. The summed E-state index contributed by atoms with van der Waals surface area (Å²) in [6.07, 6.45) is 7.07. The minimum Gasteiger partial charge on any atom is -0.495 e. The van der Waals surface area contributed by atoms with Gasteiger partial charge < -0.3 is 29.6 Å². The van der Waals surface area contributed by atoms with Crippen molar-refractivity contribution in [1.29, 1.82) is 0 Å². The van der Waals surface area contributed by atoms with Crippen molar-refractivity contribution < 1.29 is 23.7 Å². The number of carbonyl (C=O) groups excluding carboxylic acids is 1. The van der Waals surface area contributed by atoms with Gasteiger partial charge in [-0.25, -0.2) is 9.78 Å². The van der Waals surface area contributed by atoms with E-state index in [2.05, 4.69) is 20.6 Å². The summed E-state index contributed by atoms with van der Waals surface area (Å²) >= 11 is 13.3. The minimum atomic E-state index is -0.627. The summed E-state index contributed by atoms with van der Waals surface area (Å²) in [6, 6.07) is 2.27. The van der Waals surface area contributed by atoms with Crippen molar-refractivity contribution >= 4 is 46.3 Å².